The first-order chi connectivity index (χ1) is 9.00. The van der Waals surface area contributed by atoms with Crippen molar-refractivity contribution in [3.05, 3.63) is 0 Å². The topological polar surface area (TPSA) is 49.4 Å². The molecule has 0 aromatic rings. The molecule has 0 unspecified atom stereocenters. The highest BCUT2D eigenvalue weighted by Gasteiger charge is 2.11. The molecular formula is C14H32N2O2S. The van der Waals surface area contributed by atoms with Gasteiger partial charge in [-0.1, -0.05) is 51.9 Å². The van der Waals surface area contributed by atoms with Crippen LogP contribution in [-0.4, -0.2) is 45.7 Å². The van der Waals surface area contributed by atoms with E-state index in [1.165, 1.54) is 49.3 Å². The third kappa shape index (κ3) is 11.4. The zero-order valence-electron chi connectivity index (χ0n) is 13.0. The lowest BCUT2D eigenvalue weighted by Gasteiger charge is -2.11. The monoisotopic (exact) mass is 292 g/mol. The Morgan fingerprint density at radius 2 is 1.37 bits per heavy atom. The van der Waals surface area contributed by atoms with Gasteiger partial charge in [0.15, 0.2) is 0 Å². The second kappa shape index (κ2) is 11.7. The molecule has 0 aliphatic rings. The molecule has 0 spiro atoms. The maximum Gasteiger partial charge on any atom is 0.214 e. The second-order valence-electron chi connectivity index (χ2n) is 5.32. The Morgan fingerprint density at radius 1 is 0.842 bits per heavy atom. The van der Waals surface area contributed by atoms with Gasteiger partial charge in [-0.05, 0) is 13.0 Å². The molecular weight excluding hydrogens is 260 g/mol. The van der Waals surface area contributed by atoms with Crippen molar-refractivity contribution in [1.29, 1.82) is 0 Å². The SMILES string of the molecule is CCCCCCCCCCNCCS(=O)(=O)N(C)C. The van der Waals surface area contributed by atoms with Crippen molar-refractivity contribution >= 4 is 10.0 Å². The van der Waals surface area contributed by atoms with Gasteiger partial charge in [0, 0.05) is 20.6 Å². The summed E-state index contributed by atoms with van der Waals surface area (Å²) in [6.45, 7) is 3.72. The molecule has 19 heavy (non-hydrogen) atoms. The van der Waals surface area contributed by atoms with Crippen LogP contribution in [0, 0.1) is 0 Å². The largest absolute Gasteiger partial charge is 0.316 e. The first-order valence-electron chi connectivity index (χ1n) is 7.61. The molecule has 4 nitrogen and oxygen atoms in total. The van der Waals surface area contributed by atoms with Crippen molar-refractivity contribution < 1.29 is 8.42 Å². The Kier molecular flexibility index (Phi) is 11.6. The highest BCUT2D eigenvalue weighted by Crippen LogP contribution is 2.07. The van der Waals surface area contributed by atoms with E-state index in [4.69, 9.17) is 0 Å². The number of sulfonamides is 1. The summed E-state index contributed by atoms with van der Waals surface area (Å²) in [6.07, 6.45) is 10.5. The molecule has 0 amide bonds. The van der Waals surface area contributed by atoms with Crippen LogP contribution in [0.5, 0.6) is 0 Å². The Balaban J connectivity index is 3.24. The summed E-state index contributed by atoms with van der Waals surface area (Å²) in [4.78, 5) is 0. The number of nitrogens with one attached hydrogen (secondary N) is 1. The number of hydrogen-bond donors (Lipinski definition) is 1. The Bertz CT molecular complexity index is 290. The van der Waals surface area contributed by atoms with E-state index in [2.05, 4.69) is 12.2 Å². The highest BCUT2D eigenvalue weighted by molar-refractivity contribution is 7.89. The van der Waals surface area contributed by atoms with Crippen LogP contribution in [0.15, 0.2) is 0 Å². The molecule has 0 saturated carbocycles. The van der Waals surface area contributed by atoms with Gasteiger partial charge in [-0.3, -0.25) is 0 Å². The third-order valence-corrected chi connectivity index (χ3v) is 5.13. The fourth-order valence-corrected chi connectivity index (χ4v) is 2.66. The minimum Gasteiger partial charge on any atom is -0.316 e. The number of unbranched alkanes of at least 4 members (excludes halogenated alkanes) is 7. The lowest BCUT2D eigenvalue weighted by molar-refractivity contribution is 0.515. The van der Waals surface area contributed by atoms with Crippen molar-refractivity contribution in [2.75, 3.05) is 32.9 Å². The summed E-state index contributed by atoms with van der Waals surface area (Å²) in [5, 5.41) is 3.20. The quantitative estimate of drug-likeness (QED) is 0.531. The first-order valence-corrected chi connectivity index (χ1v) is 9.22. The van der Waals surface area contributed by atoms with Crippen LogP contribution >= 0.6 is 0 Å². The van der Waals surface area contributed by atoms with Crippen LogP contribution < -0.4 is 5.32 Å². The maximum absolute atomic E-state index is 11.5. The lowest BCUT2D eigenvalue weighted by Crippen LogP contribution is -2.31. The van der Waals surface area contributed by atoms with Gasteiger partial charge in [0.05, 0.1) is 5.75 Å². The minimum absolute atomic E-state index is 0.191. The van der Waals surface area contributed by atoms with E-state index in [1.807, 2.05) is 0 Å². The van der Waals surface area contributed by atoms with E-state index in [-0.39, 0.29) is 5.75 Å². The normalized spacial score (nSPS) is 12.2. The second-order valence-corrected chi connectivity index (χ2v) is 7.63. The maximum atomic E-state index is 11.5. The van der Waals surface area contributed by atoms with Crippen molar-refractivity contribution in [2.45, 2.75) is 58.3 Å². The van der Waals surface area contributed by atoms with E-state index in [9.17, 15) is 8.42 Å². The Hall–Kier alpha value is -0.130. The summed E-state index contributed by atoms with van der Waals surface area (Å²) in [5.74, 6) is 0.191. The van der Waals surface area contributed by atoms with Gasteiger partial charge >= 0.3 is 0 Å². The fraction of sp³-hybridized carbons (Fsp3) is 1.00. The molecule has 0 rings (SSSR count). The van der Waals surface area contributed by atoms with E-state index >= 15 is 0 Å². The van der Waals surface area contributed by atoms with Gasteiger partial charge in [-0.25, -0.2) is 12.7 Å². The Morgan fingerprint density at radius 3 is 1.89 bits per heavy atom. The van der Waals surface area contributed by atoms with Crippen LogP contribution in [-0.2, 0) is 10.0 Å². The van der Waals surface area contributed by atoms with Crippen LogP contribution in [0.1, 0.15) is 58.3 Å². The summed E-state index contributed by atoms with van der Waals surface area (Å²) < 4.78 is 24.2. The fourth-order valence-electron chi connectivity index (χ4n) is 1.89. The molecule has 116 valence electrons. The zero-order valence-corrected chi connectivity index (χ0v) is 13.8. The molecule has 5 heteroatoms. The van der Waals surface area contributed by atoms with Crippen LogP contribution in [0.2, 0.25) is 0 Å². The van der Waals surface area contributed by atoms with Crippen molar-refractivity contribution in [3.8, 4) is 0 Å². The van der Waals surface area contributed by atoms with E-state index in [1.54, 1.807) is 14.1 Å². The standard InChI is InChI=1S/C14H32N2O2S/c1-4-5-6-7-8-9-10-11-12-15-13-14-19(17,18)16(2)3/h15H,4-14H2,1-3H3. The molecule has 0 aromatic carbocycles. The average Bonchev–Trinajstić information content (AvgIpc) is 2.35. The molecule has 0 radical (unpaired) electrons. The van der Waals surface area contributed by atoms with Gasteiger partial charge in [-0.2, -0.15) is 0 Å². The van der Waals surface area contributed by atoms with Crippen molar-refractivity contribution in [1.82, 2.24) is 9.62 Å². The highest BCUT2D eigenvalue weighted by atomic mass is 32.2. The van der Waals surface area contributed by atoms with E-state index < -0.39 is 10.0 Å². The predicted molar refractivity (Wildman–Crippen MR) is 83.0 cm³/mol. The van der Waals surface area contributed by atoms with E-state index in [0.29, 0.717) is 6.54 Å². The summed E-state index contributed by atoms with van der Waals surface area (Å²) in [7, 11) is 0.117. The van der Waals surface area contributed by atoms with Crippen molar-refractivity contribution in [2.24, 2.45) is 0 Å². The van der Waals surface area contributed by atoms with Crippen LogP contribution in [0.25, 0.3) is 0 Å². The molecule has 0 fully saturated rings. The molecule has 0 saturated heterocycles. The van der Waals surface area contributed by atoms with Gasteiger partial charge in [0.25, 0.3) is 0 Å². The van der Waals surface area contributed by atoms with Crippen molar-refractivity contribution in [3.63, 3.8) is 0 Å². The van der Waals surface area contributed by atoms with Gasteiger partial charge in [-0.15, -0.1) is 0 Å². The van der Waals surface area contributed by atoms with Gasteiger partial charge < -0.3 is 5.32 Å². The molecule has 0 bridgehead atoms. The molecule has 1 N–H and O–H groups in total. The zero-order chi connectivity index (χ0) is 14.6. The summed E-state index contributed by atoms with van der Waals surface area (Å²) in [6, 6.07) is 0. The predicted octanol–water partition coefficient (Wildman–Crippen LogP) is 2.61. The summed E-state index contributed by atoms with van der Waals surface area (Å²) >= 11 is 0. The van der Waals surface area contributed by atoms with Crippen LogP contribution in [0.3, 0.4) is 0 Å². The molecule has 0 atom stereocenters. The molecule has 0 aliphatic heterocycles. The molecule has 0 aliphatic carbocycles. The first kappa shape index (κ1) is 18.9. The summed E-state index contributed by atoms with van der Waals surface area (Å²) in [5.41, 5.74) is 0. The Labute approximate surface area is 120 Å². The third-order valence-electron chi connectivity index (χ3n) is 3.30. The molecule has 0 heterocycles. The average molecular weight is 292 g/mol. The minimum atomic E-state index is -3.04. The smallest absolute Gasteiger partial charge is 0.214 e. The van der Waals surface area contributed by atoms with Gasteiger partial charge in [0.2, 0.25) is 10.0 Å². The number of rotatable bonds is 13. The molecule has 0 aromatic heterocycles. The number of hydrogen-bond acceptors (Lipinski definition) is 3. The number of nitrogens with zero attached hydrogens (tertiary/aromatic N) is 1. The van der Waals surface area contributed by atoms with E-state index in [0.717, 1.165) is 13.0 Å². The lowest BCUT2D eigenvalue weighted by atomic mass is 10.1. The van der Waals surface area contributed by atoms with Crippen LogP contribution in [0.4, 0.5) is 0 Å². The van der Waals surface area contributed by atoms with Gasteiger partial charge in [0.1, 0.15) is 0 Å².